The number of amides is 1. The molecule has 0 aromatic heterocycles. The number of hydrogen-bond donors (Lipinski definition) is 1. The molecule has 1 amide bonds. The largest absolute Gasteiger partial charge is 0.412 e. The SMILES string of the molecule is CNC(=O)Oc1cc(C)c([S@](C)=O)c(C)c1. The number of ether oxygens (including phenoxy) is 1. The number of carbonyl (C=O) groups is 1. The van der Waals surface area contributed by atoms with Gasteiger partial charge in [-0.25, -0.2) is 4.79 Å². The Labute approximate surface area is 97.5 Å². The van der Waals surface area contributed by atoms with Crippen LogP contribution < -0.4 is 10.1 Å². The van der Waals surface area contributed by atoms with E-state index in [1.54, 1.807) is 18.4 Å². The van der Waals surface area contributed by atoms with Gasteiger partial charge >= 0.3 is 6.09 Å². The molecule has 88 valence electrons. The molecule has 0 aliphatic heterocycles. The van der Waals surface area contributed by atoms with E-state index in [4.69, 9.17) is 4.74 Å². The number of aryl methyl sites for hydroxylation is 2. The van der Waals surface area contributed by atoms with Crippen molar-refractivity contribution >= 4 is 16.9 Å². The molecular formula is C11H15NO3S. The van der Waals surface area contributed by atoms with Crippen LogP contribution in [0, 0.1) is 13.8 Å². The first-order valence-electron chi connectivity index (χ1n) is 4.80. The Morgan fingerprint density at radius 1 is 1.31 bits per heavy atom. The van der Waals surface area contributed by atoms with Crippen molar-refractivity contribution in [2.75, 3.05) is 13.3 Å². The highest BCUT2D eigenvalue weighted by molar-refractivity contribution is 7.84. The molecule has 0 aliphatic carbocycles. The minimum Gasteiger partial charge on any atom is -0.410 e. The second-order valence-corrected chi connectivity index (χ2v) is 4.80. The number of benzene rings is 1. The van der Waals surface area contributed by atoms with E-state index in [0.717, 1.165) is 16.0 Å². The Bertz CT molecular complexity index is 420. The molecule has 0 saturated carbocycles. The Balaban J connectivity index is 3.10. The Morgan fingerprint density at radius 2 is 1.81 bits per heavy atom. The van der Waals surface area contributed by atoms with Gasteiger partial charge in [-0.05, 0) is 37.1 Å². The fourth-order valence-corrected chi connectivity index (χ4v) is 2.61. The van der Waals surface area contributed by atoms with Crippen LogP contribution in [0.2, 0.25) is 0 Å². The molecular weight excluding hydrogens is 226 g/mol. The Morgan fingerprint density at radius 3 is 2.19 bits per heavy atom. The molecule has 0 fully saturated rings. The highest BCUT2D eigenvalue weighted by atomic mass is 32.2. The summed E-state index contributed by atoms with van der Waals surface area (Å²) in [5.74, 6) is 0.462. The van der Waals surface area contributed by atoms with E-state index in [1.807, 2.05) is 13.8 Å². The van der Waals surface area contributed by atoms with Crippen LogP contribution in [0.3, 0.4) is 0 Å². The van der Waals surface area contributed by atoms with Crippen LogP contribution in [-0.4, -0.2) is 23.6 Å². The second kappa shape index (κ2) is 5.12. The molecule has 0 bridgehead atoms. The summed E-state index contributed by atoms with van der Waals surface area (Å²) in [7, 11) is 0.467. The zero-order chi connectivity index (χ0) is 12.3. The van der Waals surface area contributed by atoms with Gasteiger partial charge in [0.2, 0.25) is 0 Å². The predicted molar refractivity (Wildman–Crippen MR) is 63.3 cm³/mol. The first-order chi connectivity index (χ1) is 7.45. The third-order valence-corrected chi connectivity index (χ3v) is 3.35. The summed E-state index contributed by atoms with van der Waals surface area (Å²) in [6.45, 7) is 3.70. The van der Waals surface area contributed by atoms with Crippen LogP contribution in [0.1, 0.15) is 11.1 Å². The quantitative estimate of drug-likeness (QED) is 0.858. The van der Waals surface area contributed by atoms with Crippen molar-refractivity contribution in [2.24, 2.45) is 0 Å². The van der Waals surface area contributed by atoms with E-state index in [-0.39, 0.29) is 0 Å². The lowest BCUT2D eigenvalue weighted by atomic mass is 10.1. The summed E-state index contributed by atoms with van der Waals surface area (Å²) in [6, 6.07) is 3.41. The van der Waals surface area contributed by atoms with E-state index >= 15 is 0 Å². The van der Waals surface area contributed by atoms with Crippen molar-refractivity contribution in [3.8, 4) is 5.75 Å². The van der Waals surface area contributed by atoms with Crippen molar-refractivity contribution < 1.29 is 13.7 Å². The summed E-state index contributed by atoms with van der Waals surface area (Å²) < 4.78 is 16.5. The smallest absolute Gasteiger partial charge is 0.410 e. The van der Waals surface area contributed by atoms with Crippen LogP contribution in [0.5, 0.6) is 5.75 Å². The van der Waals surface area contributed by atoms with E-state index < -0.39 is 16.9 Å². The average Bonchev–Trinajstić information content (AvgIpc) is 2.15. The standard InChI is InChI=1S/C11H15NO3S/c1-7-5-9(15-11(13)12-3)6-8(2)10(7)16(4)14/h5-6H,1-4H3,(H,12,13)/t16-/m0/s1. The van der Waals surface area contributed by atoms with Gasteiger partial charge in [-0.1, -0.05) is 0 Å². The molecule has 0 heterocycles. The molecule has 0 unspecified atom stereocenters. The third-order valence-electron chi connectivity index (χ3n) is 2.14. The van der Waals surface area contributed by atoms with Gasteiger partial charge in [-0.3, -0.25) is 4.21 Å². The Kier molecular flexibility index (Phi) is 4.06. The summed E-state index contributed by atoms with van der Waals surface area (Å²) in [5, 5.41) is 2.37. The second-order valence-electron chi connectivity index (χ2n) is 3.48. The summed E-state index contributed by atoms with van der Waals surface area (Å²) in [5.41, 5.74) is 1.72. The first kappa shape index (κ1) is 12.7. The van der Waals surface area contributed by atoms with E-state index in [0.29, 0.717) is 5.75 Å². The molecule has 0 radical (unpaired) electrons. The molecule has 4 nitrogen and oxygen atoms in total. The van der Waals surface area contributed by atoms with Crippen LogP contribution in [-0.2, 0) is 10.8 Å². The zero-order valence-electron chi connectivity index (χ0n) is 9.79. The predicted octanol–water partition coefficient (Wildman–Crippen LogP) is 1.76. The lowest BCUT2D eigenvalue weighted by Crippen LogP contribution is -2.22. The molecule has 1 N–H and O–H groups in total. The highest BCUT2D eigenvalue weighted by Gasteiger charge is 2.10. The van der Waals surface area contributed by atoms with Gasteiger partial charge in [0.05, 0.1) is 10.8 Å². The minimum atomic E-state index is -1.03. The lowest BCUT2D eigenvalue weighted by molar-refractivity contribution is 0.203. The van der Waals surface area contributed by atoms with Gasteiger partial charge in [0, 0.05) is 18.2 Å². The van der Waals surface area contributed by atoms with Crippen LogP contribution >= 0.6 is 0 Å². The maximum atomic E-state index is 11.5. The molecule has 1 atom stereocenters. The maximum Gasteiger partial charge on any atom is 0.412 e. The van der Waals surface area contributed by atoms with E-state index in [9.17, 15) is 9.00 Å². The van der Waals surface area contributed by atoms with Crippen molar-refractivity contribution in [3.63, 3.8) is 0 Å². The van der Waals surface area contributed by atoms with Gasteiger partial charge in [-0.15, -0.1) is 0 Å². The first-order valence-corrected chi connectivity index (χ1v) is 6.35. The number of hydrogen-bond acceptors (Lipinski definition) is 3. The summed E-state index contributed by atoms with van der Waals surface area (Å²) in [4.78, 5) is 11.8. The number of carbonyl (C=O) groups excluding carboxylic acids is 1. The van der Waals surface area contributed by atoms with Crippen LogP contribution in [0.4, 0.5) is 4.79 Å². The van der Waals surface area contributed by atoms with Crippen LogP contribution in [0.25, 0.3) is 0 Å². The molecule has 1 aromatic carbocycles. The average molecular weight is 241 g/mol. The molecule has 1 rings (SSSR count). The van der Waals surface area contributed by atoms with Gasteiger partial charge in [0.1, 0.15) is 5.75 Å². The monoisotopic (exact) mass is 241 g/mol. The van der Waals surface area contributed by atoms with Gasteiger partial charge in [-0.2, -0.15) is 0 Å². The number of nitrogens with one attached hydrogen (secondary N) is 1. The summed E-state index contributed by atoms with van der Waals surface area (Å²) >= 11 is 0. The molecule has 16 heavy (non-hydrogen) atoms. The molecule has 1 aromatic rings. The van der Waals surface area contributed by atoms with Crippen molar-refractivity contribution in [1.82, 2.24) is 5.32 Å². The van der Waals surface area contributed by atoms with Crippen LogP contribution in [0.15, 0.2) is 17.0 Å². The highest BCUT2D eigenvalue weighted by Crippen LogP contribution is 2.24. The van der Waals surface area contributed by atoms with Crippen molar-refractivity contribution in [3.05, 3.63) is 23.3 Å². The maximum absolute atomic E-state index is 11.5. The van der Waals surface area contributed by atoms with Crippen molar-refractivity contribution in [1.29, 1.82) is 0 Å². The zero-order valence-corrected chi connectivity index (χ0v) is 10.6. The van der Waals surface area contributed by atoms with Gasteiger partial charge in [0.25, 0.3) is 0 Å². The van der Waals surface area contributed by atoms with Gasteiger partial charge < -0.3 is 10.1 Å². The molecule has 0 spiro atoms. The Hall–Kier alpha value is -1.36. The fraction of sp³-hybridized carbons (Fsp3) is 0.364. The summed E-state index contributed by atoms with van der Waals surface area (Å²) in [6.07, 6.45) is 1.12. The van der Waals surface area contributed by atoms with E-state index in [1.165, 1.54) is 7.05 Å². The molecule has 0 aliphatic rings. The fourth-order valence-electron chi connectivity index (χ4n) is 1.58. The van der Waals surface area contributed by atoms with E-state index in [2.05, 4.69) is 5.32 Å². The topological polar surface area (TPSA) is 55.4 Å². The molecule has 5 heteroatoms. The van der Waals surface area contributed by atoms with Crippen molar-refractivity contribution in [2.45, 2.75) is 18.7 Å². The number of rotatable bonds is 2. The minimum absolute atomic E-state index is 0.462. The van der Waals surface area contributed by atoms with Gasteiger partial charge in [0.15, 0.2) is 0 Å². The normalized spacial score (nSPS) is 12.0. The lowest BCUT2D eigenvalue weighted by Gasteiger charge is -2.10. The third kappa shape index (κ3) is 2.82. The molecule has 0 saturated heterocycles.